The van der Waals surface area contributed by atoms with Crippen molar-refractivity contribution in [3.05, 3.63) is 28.6 Å². The first-order chi connectivity index (χ1) is 18.2. The van der Waals surface area contributed by atoms with Crippen LogP contribution in [0.4, 0.5) is 0 Å². The second kappa shape index (κ2) is 10.9. The normalized spacial score (nSPS) is 20.9. The third-order valence-corrected chi connectivity index (χ3v) is 7.33. The lowest BCUT2D eigenvalue weighted by Crippen LogP contribution is -2.64. The molecule has 2 aromatic rings. The Morgan fingerprint density at radius 3 is 2.64 bits per heavy atom. The molecule has 4 rings (SSSR count). The van der Waals surface area contributed by atoms with Crippen molar-refractivity contribution < 1.29 is 41.9 Å². The molecular weight excluding hydrogens is 558 g/mol. The minimum Gasteiger partial charge on any atom is -0.481 e. The number of oxazole rings is 1. The van der Waals surface area contributed by atoms with Gasteiger partial charge in [-0.2, -0.15) is 0 Å². The topological polar surface area (TPSA) is 196 Å². The van der Waals surface area contributed by atoms with Gasteiger partial charge in [-0.15, -0.1) is 0 Å². The maximum atomic E-state index is 13.4. The van der Waals surface area contributed by atoms with Crippen molar-refractivity contribution in [1.29, 1.82) is 0 Å². The van der Waals surface area contributed by atoms with Gasteiger partial charge in [0.1, 0.15) is 23.6 Å². The third-order valence-electron chi connectivity index (χ3n) is 6.33. The summed E-state index contributed by atoms with van der Waals surface area (Å²) in [5, 5.41) is 14.0. The van der Waals surface area contributed by atoms with Crippen LogP contribution in [0.15, 0.2) is 16.5 Å². The van der Waals surface area contributed by atoms with Crippen molar-refractivity contribution in [3.8, 4) is 0 Å². The maximum absolute atomic E-state index is 13.4. The van der Waals surface area contributed by atoms with Gasteiger partial charge in [-0.25, -0.2) is 23.1 Å². The van der Waals surface area contributed by atoms with Crippen LogP contribution in [0, 0.1) is 6.92 Å². The molecule has 0 spiro atoms. The Bertz CT molecular complexity index is 1470. The summed E-state index contributed by atoms with van der Waals surface area (Å²) >= 11 is 6.16. The molecule has 2 aliphatic rings. The zero-order valence-corrected chi connectivity index (χ0v) is 22.5. The molecular formula is C23H26ClN5O9S. The van der Waals surface area contributed by atoms with Gasteiger partial charge in [0, 0.05) is 13.0 Å². The molecule has 210 valence electrons. The van der Waals surface area contributed by atoms with Gasteiger partial charge in [-0.05, 0) is 43.9 Å². The number of carbonyl (C=O) groups excluding carboxylic acids is 4. The number of hydrogen-bond donors (Lipinski definition) is 3. The summed E-state index contributed by atoms with van der Waals surface area (Å²) < 4.78 is 31.3. The van der Waals surface area contributed by atoms with Gasteiger partial charge in [0.05, 0.1) is 17.7 Å². The minimum absolute atomic E-state index is 0.0820. The maximum Gasteiger partial charge on any atom is 0.305 e. The first-order valence-corrected chi connectivity index (χ1v) is 14.3. The predicted molar refractivity (Wildman–Crippen MR) is 135 cm³/mol. The SMILES string of the molecule is Cc1cc(Cl)c2oc(C(=O)[C@H](CC(=O)O)NC(=O)[C@@H]3CCCN4C(=O)CC[C@H](NS(C)(=O)=O)C(=O)N34)nc2c1. The summed E-state index contributed by atoms with van der Waals surface area (Å²) in [5.74, 6) is -4.98. The van der Waals surface area contributed by atoms with Crippen molar-refractivity contribution in [2.45, 2.75) is 57.2 Å². The average Bonchev–Trinajstić information content (AvgIpc) is 3.23. The van der Waals surface area contributed by atoms with Crippen molar-refractivity contribution in [2.75, 3.05) is 12.8 Å². The number of carboxylic acid groups (broad SMARTS) is 1. The number of carbonyl (C=O) groups is 5. The average molecular weight is 584 g/mol. The molecule has 3 atom stereocenters. The molecule has 39 heavy (non-hydrogen) atoms. The highest BCUT2D eigenvalue weighted by Gasteiger charge is 2.45. The first kappa shape index (κ1) is 28.4. The van der Waals surface area contributed by atoms with Crippen LogP contribution >= 0.6 is 11.6 Å². The standard InChI is InChI=1S/C23H26ClN5O9S/c1-11-8-12(24)20-15(9-11)26-22(38-20)19(33)14(10-18(31)32)25-21(34)16-4-3-7-28-17(30)6-5-13(23(35)29(16)28)27-39(2,36)37/h8-9,13-14,16,27H,3-7,10H2,1-2H3,(H,25,34)(H,31,32)/t13-,14-,16-/m0/s1. The molecule has 0 bridgehead atoms. The summed E-state index contributed by atoms with van der Waals surface area (Å²) in [4.78, 5) is 68.3. The Balaban J connectivity index is 1.62. The number of hydrogen-bond acceptors (Lipinski definition) is 9. The van der Waals surface area contributed by atoms with Crippen LogP contribution in [-0.4, -0.2) is 88.9 Å². The van der Waals surface area contributed by atoms with E-state index in [0.717, 1.165) is 21.8 Å². The fraction of sp³-hybridized carbons (Fsp3) is 0.478. The number of hydrazine groups is 1. The smallest absolute Gasteiger partial charge is 0.305 e. The summed E-state index contributed by atoms with van der Waals surface area (Å²) in [6, 6.07) is -0.999. The molecule has 1 aromatic carbocycles. The molecule has 3 amide bonds. The molecule has 2 saturated heterocycles. The van der Waals surface area contributed by atoms with E-state index in [4.69, 9.17) is 16.0 Å². The predicted octanol–water partition coefficient (Wildman–Crippen LogP) is 0.378. The zero-order chi connectivity index (χ0) is 28.6. The van der Waals surface area contributed by atoms with E-state index < -0.39 is 69.9 Å². The number of fused-ring (bicyclic) bond motifs is 2. The monoisotopic (exact) mass is 583 g/mol. The van der Waals surface area contributed by atoms with Gasteiger partial charge < -0.3 is 14.8 Å². The number of nitrogens with zero attached hydrogens (tertiary/aromatic N) is 3. The number of sulfonamides is 1. The van der Waals surface area contributed by atoms with E-state index in [-0.39, 0.29) is 41.9 Å². The number of benzene rings is 1. The first-order valence-electron chi connectivity index (χ1n) is 12.0. The molecule has 2 aliphatic heterocycles. The number of aliphatic carboxylic acids is 1. The number of aryl methyl sites for hydroxylation is 1. The van der Waals surface area contributed by atoms with Gasteiger partial charge in [0.15, 0.2) is 5.58 Å². The van der Waals surface area contributed by atoms with Gasteiger partial charge in [-0.3, -0.25) is 29.0 Å². The lowest BCUT2D eigenvalue weighted by Gasteiger charge is -2.43. The third kappa shape index (κ3) is 6.20. The Morgan fingerprint density at radius 2 is 1.97 bits per heavy atom. The Kier molecular flexibility index (Phi) is 7.95. The summed E-state index contributed by atoms with van der Waals surface area (Å²) in [7, 11) is -3.82. The minimum atomic E-state index is -3.82. The Morgan fingerprint density at radius 1 is 1.26 bits per heavy atom. The van der Waals surface area contributed by atoms with Crippen LogP contribution in [0.5, 0.6) is 0 Å². The van der Waals surface area contributed by atoms with E-state index in [2.05, 4.69) is 15.0 Å². The zero-order valence-electron chi connectivity index (χ0n) is 21.0. The van der Waals surface area contributed by atoms with Crippen LogP contribution in [0.3, 0.4) is 0 Å². The molecule has 14 nitrogen and oxygen atoms in total. The van der Waals surface area contributed by atoms with Crippen LogP contribution in [0.1, 0.15) is 48.4 Å². The van der Waals surface area contributed by atoms with E-state index >= 15 is 0 Å². The second-order valence-corrected chi connectivity index (χ2v) is 11.7. The highest BCUT2D eigenvalue weighted by molar-refractivity contribution is 7.88. The largest absolute Gasteiger partial charge is 0.481 e. The summed E-state index contributed by atoms with van der Waals surface area (Å²) in [6.07, 6.45) is 0.220. The van der Waals surface area contributed by atoms with Crippen molar-refractivity contribution in [3.63, 3.8) is 0 Å². The van der Waals surface area contributed by atoms with E-state index in [1.54, 1.807) is 19.1 Å². The number of nitrogens with one attached hydrogen (secondary N) is 2. The Hall–Kier alpha value is -3.56. The number of Topliss-reactive ketones (excluding diaryl/α,β-unsaturated/α-hetero) is 1. The molecule has 0 aliphatic carbocycles. The van der Waals surface area contributed by atoms with Crippen LogP contribution in [-0.2, 0) is 29.2 Å². The van der Waals surface area contributed by atoms with E-state index in [1.807, 2.05) is 0 Å². The molecule has 3 N–H and O–H groups in total. The summed E-state index contributed by atoms with van der Waals surface area (Å²) in [5.41, 5.74) is 1.13. The lowest BCUT2D eigenvalue weighted by atomic mass is 10.0. The quantitative estimate of drug-likeness (QED) is 0.365. The number of ketones is 1. The van der Waals surface area contributed by atoms with Crippen molar-refractivity contribution in [2.24, 2.45) is 0 Å². The molecule has 3 heterocycles. The Labute approximate surface area is 227 Å². The number of amides is 3. The number of carboxylic acids is 1. The van der Waals surface area contributed by atoms with E-state index in [9.17, 15) is 37.5 Å². The number of halogens is 1. The molecule has 16 heteroatoms. The fourth-order valence-electron chi connectivity index (χ4n) is 4.67. The van der Waals surface area contributed by atoms with Gasteiger partial charge in [0.2, 0.25) is 27.6 Å². The van der Waals surface area contributed by atoms with Gasteiger partial charge in [-0.1, -0.05) is 11.6 Å². The van der Waals surface area contributed by atoms with Crippen LogP contribution in [0.2, 0.25) is 5.02 Å². The van der Waals surface area contributed by atoms with Crippen LogP contribution < -0.4 is 10.0 Å². The highest BCUT2D eigenvalue weighted by Crippen LogP contribution is 2.28. The van der Waals surface area contributed by atoms with Gasteiger partial charge >= 0.3 is 5.97 Å². The molecule has 1 aromatic heterocycles. The molecule has 0 saturated carbocycles. The van der Waals surface area contributed by atoms with Crippen LogP contribution in [0.25, 0.3) is 11.1 Å². The molecule has 0 radical (unpaired) electrons. The summed E-state index contributed by atoms with van der Waals surface area (Å²) in [6.45, 7) is 1.88. The lowest BCUT2D eigenvalue weighted by molar-refractivity contribution is -0.176. The van der Waals surface area contributed by atoms with E-state index in [1.165, 1.54) is 0 Å². The highest BCUT2D eigenvalue weighted by atomic mass is 35.5. The van der Waals surface area contributed by atoms with Crippen molar-refractivity contribution in [1.82, 2.24) is 25.0 Å². The van der Waals surface area contributed by atoms with Gasteiger partial charge in [0.25, 0.3) is 11.8 Å². The van der Waals surface area contributed by atoms with Crippen molar-refractivity contribution >= 4 is 62.2 Å². The second-order valence-electron chi connectivity index (χ2n) is 9.48. The number of rotatable bonds is 8. The number of aromatic nitrogens is 1. The van der Waals surface area contributed by atoms with E-state index in [0.29, 0.717) is 6.42 Å². The molecule has 0 unspecified atom stereocenters. The fourth-order valence-corrected chi connectivity index (χ4v) is 5.71. The molecule has 2 fully saturated rings.